The molecule has 2 heterocycles. The second-order valence-electron chi connectivity index (χ2n) is 7.01. The van der Waals surface area contributed by atoms with Crippen molar-refractivity contribution in [3.8, 4) is 11.3 Å². The number of halogens is 2. The van der Waals surface area contributed by atoms with Crippen molar-refractivity contribution in [2.45, 2.75) is 18.9 Å². The molecule has 2 N–H and O–H groups in total. The maximum Gasteiger partial charge on any atom is 0.159 e. The molecule has 1 unspecified atom stereocenters. The molecule has 138 valence electrons. The van der Waals surface area contributed by atoms with Gasteiger partial charge in [-0.1, -0.05) is 18.2 Å². The number of hydrogen-bond acceptors (Lipinski definition) is 4. The van der Waals surface area contributed by atoms with Gasteiger partial charge in [-0.05, 0) is 67.0 Å². The van der Waals surface area contributed by atoms with Crippen molar-refractivity contribution < 1.29 is 8.78 Å². The predicted molar refractivity (Wildman–Crippen MR) is 101 cm³/mol. The van der Waals surface area contributed by atoms with Gasteiger partial charge >= 0.3 is 0 Å². The van der Waals surface area contributed by atoms with E-state index in [1.807, 2.05) is 12.1 Å². The monoisotopic (exact) mass is 366 g/mol. The lowest BCUT2D eigenvalue weighted by atomic mass is 9.85. The number of fused-ring (bicyclic) bond motifs is 1. The quantitative estimate of drug-likeness (QED) is 0.746. The first-order chi connectivity index (χ1) is 13.0. The standard InChI is InChI=1S/C21H20F2N4/c1-27-9-8-17(13-3-5-18(22)19(23)11-13)16-4-2-14(10-15(16)12-27)20-6-7-21(24)26-25-20/h2-7,10-11,17H,8-9,12H2,1H3,(H2,24,26). The molecule has 3 aromatic rings. The van der Waals surface area contributed by atoms with Crippen LogP contribution in [0.15, 0.2) is 48.5 Å². The number of benzene rings is 2. The lowest BCUT2D eigenvalue weighted by molar-refractivity contribution is 0.328. The molecule has 0 aliphatic carbocycles. The van der Waals surface area contributed by atoms with Crippen molar-refractivity contribution in [1.82, 2.24) is 15.1 Å². The Balaban J connectivity index is 1.77. The Morgan fingerprint density at radius 3 is 2.59 bits per heavy atom. The molecule has 4 nitrogen and oxygen atoms in total. The Bertz CT molecular complexity index is 972. The fraction of sp³-hybridized carbons (Fsp3) is 0.238. The minimum absolute atomic E-state index is 0.0200. The van der Waals surface area contributed by atoms with Crippen LogP contribution in [0.1, 0.15) is 29.0 Å². The molecule has 0 spiro atoms. The number of nitrogens with two attached hydrogens (primary N) is 1. The number of aromatic nitrogens is 2. The third kappa shape index (κ3) is 3.53. The maximum atomic E-state index is 13.8. The first-order valence-electron chi connectivity index (χ1n) is 8.87. The van der Waals surface area contributed by atoms with E-state index in [1.54, 1.807) is 12.1 Å². The Labute approximate surface area is 156 Å². The third-order valence-corrected chi connectivity index (χ3v) is 5.09. The van der Waals surface area contributed by atoms with Crippen molar-refractivity contribution in [3.05, 3.63) is 76.9 Å². The van der Waals surface area contributed by atoms with Gasteiger partial charge in [-0.2, -0.15) is 0 Å². The number of rotatable bonds is 2. The molecule has 1 aliphatic rings. The largest absolute Gasteiger partial charge is 0.382 e. The zero-order valence-corrected chi connectivity index (χ0v) is 15.0. The molecule has 27 heavy (non-hydrogen) atoms. The van der Waals surface area contributed by atoms with Gasteiger partial charge in [0.05, 0.1) is 5.69 Å². The zero-order valence-electron chi connectivity index (χ0n) is 15.0. The van der Waals surface area contributed by atoms with Crippen molar-refractivity contribution >= 4 is 5.82 Å². The molecular weight excluding hydrogens is 346 g/mol. The molecule has 4 rings (SSSR count). The number of nitrogen functional groups attached to an aromatic ring is 1. The molecular formula is C21H20F2N4. The summed E-state index contributed by atoms with van der Waals surface area (Å²) in [5.41, 5.74) is 10.4. The number of hydrogen-bond donors (Lipinski definition) is 1. The summed E-state index contributed by atoms with van der Waals surface area (Å²) in [6.07, 6.45) is 0.843. The molecule has 1 atom stereocenters. The van der Waals surface area contributed by atoms with E-state index in [-0.39, 0.29) is 5.92 Å². The average Bonchev–Trinajstić information content (AvgIpc) is 2.82. The summed E-state index contributed by atoms with van der Waals surface area (Å²) >= 11 is 0. The van der Waals surface area contributed by atoms with E-state index in [1.165, 1.54) is 12.1 Å². The molecule has 0 fully saturated rings. The fourth-order valence-electron chi connectivity index (χ4n) is 3.69. The molecule has 0 radical (unpaired) electrons. The van der Waals surface area contributed by atoms with E-state index in [0.717, 1.165) is 47.5 Å². The van der Waals surface area contributed by atoms with Gasteiger partial charge in [0, 0.05) is 18.0 Å². The Morgan fingerprint density at radius 1 is 1.00 bits per heavy atom. The molecule has 6 heteroatoms. The van der Waals surface area contributed by atoms with Crippen LogP contribution in [0.2, 0.25) is 0 Å². The molecule has 1 aliphatic heterocycles. The van der Waals surface area contributed by atoms with Crippen LogP contribution in [0.5, 0.6) is 0 Å². The Hall–Kier alpha value is -2.86. The van der Waals surface area contributed by atoms with Crippen molar-refractivity contribution in [2.75, 3.05) is 19.3 Å². The normalized spacial score (nSPS) is 17.4. The van der Waals surface area contributed by atoms with Gasteiger partial charge in [0.1, 0.15) is 5.82 Å². The highest BCUT2D eigenvalue weighted by molar-refractivity contribution is 5.62. The van der Waals surface area contributed by atoms with E-state index in [4.69, 9.17) is 5.73 Å². The first kappa shape index (κ1) is 17.5. The lowest BCUT2D eigenvalue weighted by Crippen LogP contribution is -2.17. The minimum atomic E-state index is -0.818. The second-order valence-corrected chi connectivity index (χ2v) is 7.01. The van der Waals surface area contributed by atoms with E-state index in [0.29, 0.717) is 5.82 Å². The molecule has 0 saturated heterocycles. The van der Waals surface area contributed by atoms with Crippen LogP contribution in [-0.4, -0.2) is 28.7 Å². The van der Waals surface area contributed by atoms with Gasteiger partial charge in [-0.25, -0.2) is 8.78 Å². The third-order valence-electron chi connectivity index (χ3n) is 5.09. The van der Waals surface area contributed by atoms with Gasteiger partial charge in [0.25, 0.3) is 0 Å². The molecule has 1 aromatic heterocycles. The van der Waals surface area contributed by atoms with E-state index >= 15 is 0 Å². The Morgan fingerprint density at radius 2 is 1.85 bits per heavy atom. The summed E-state index contributed by atoms with van der Waals surface area (Å²) in [6.45, 7) is 1.65. The maximum absolute atomic E-state index is 13.8. The topological polar surface area (TPSA) is 55.0 Å². The van der Waals surface area contributed by atoms with Crippen LogP contribution < -0.4 is 5.73 Å². The van der Waals surface area contributed by atoms with Crippen molar-refractivity contribution in [1.29, 1.82) is 0 Å². The van der Waals surface area contributed by atoms with Crippen LogP contribution in [0.4, 0.5) is 14.6 Å². The van der Waals surface area contributed by atoms with Crippen LogP contribution >= 0.6 is 0 Å². The van der Waals surface area contributed by atoms with Crippen LogP contribution in [-0.2, 0) is 6.54 Å². The van der Waals surface area contributed by atoms with E-state index in [2.05, 4.69) is 34.3 Å². The lowest BCUT2D eigenvalue weighted by Gasteiger charge is -2.19. The second kappa shape index (κ2) is 7.04. The highest BCUT2D eigenvalue weighted by Crippen LogP contribution is 2.36. The zero-order chi connectivity index (χ0) is 19.0. The summed E-state index contributed by atoms with van der Waals surface area (Å²) in [7, 11) is 2.06. The van der Waals surface area contributed by atoms with Gasteiger partial charge in [-0.15, -0.1) is 10.2 Å². The first-order valence-corrected chi connectivity index (χ1v) is 8.87. The summed E-state index contributed by atoms with van der Waals surface area (Å²) in [5.74, 6) is -1.22. The Kier molecular flexibility index (Phi) is 4.58. The summed E-state index contributed by atoms with van der Waals surface area (Å²) in [4.78, 5) is 2.23. The minimum Gasteiger partial charge on any atom is -0.382 e. The van der Waals surface area contributed by atoms with Gasteiger partial charge in [0.2, 0.25) is 0 Å². The van der Waals surface area contributed by atoms with Crippen molar-refractivity contribution in [3.63, 3.8) is 0 Å². The summed E-state index contributed by atoms with van der Waals surface area (Å²) in [6, 6.07) is 13.9. The van der Waals surface area contributed by atoms with Crippen LogP contribution in [0, 0.1) is 11.6 Å². The molecule has 2 aromatic carbocycles. The van der Waals surface area contributed by atoms with Gasteiger partial charge in [0.15, 0.2) is 11.6 Å². The summed E-state index contributed by atoms with van der Waals surface area (Å²) in [5, 5.41) is 8.08. The fourth-order valence-corrected chi connectivity index (χ4v) is 3.69. The molecule has 0 amide bonds. The van der Waals surface area contributed by atoms with E-state index in [9.17, 15) is 8.78 Å². The predicted octanol–water partition coefficient (Wildman–Crippen LogP) is 3.97. The van der Waals surface area contributed by atoms with Crippen LogP contribution in [0.25, 0.3) is 11.3 Å². The number of anilines is 1. The smallest absolute Gasteiger partial charge is 0.159 e. The van der Waals surface area contributed by atoms with Crippen LogP contribution in [0.3, 0.4) is 0 Å². The van der Waals surface area contributed by atoms with Crippen molar-refractivity contribution in [2.24, 2.45) is 0 Å². The highest BCUT2D eigenvalue weighted by atomic mass is 19.2. The van der Waals surface area contributed by atoms with E-state index < -0.39 is 11.6 Å². The SMILES string of the molecule is CN1CCC(c2ccc(F)c(F)c2)c2ccc(-c3ccc(N)nn3)cc2C1. The highest BCUT2D eigenvalue weighted by Gasteiger charge is 2.24. The molecule has 0 saturated carbocycles. The number of nitrogens with zero attached hydrogens (tertiary/aromatic N) is 3. The summed E-state index contributed by atoms with van der Waals surface area (Å²) < 4.78 is 27.2. The molecule has 0 bridgehead atoms. The van der Waals surface area contributed by atoms with Gasteiger partial charge < -0.3 is 10.6 Å². The average molecular weight is 366 g/mol. The van der Waals surface area contributed by atoms with Gasteiger partial charge in [-0.3, -0.25) is 0 Å².